The van der Waals surface area contributed by atoms with Crippen LogP contribution in [0.3, 0.4) is 0 Å². The predicted octanol–water partition coefficient (Wildman–Crippen LogP) is 2.00. The summed E-state index contributed by atoms with van der Waals surface area (Å²) >= 11 is 5.66. The van der Waals surface area contributed by atoms with Gasteiger partial charge in [0, 0.05) is 42.8 Å². The molecule has 2 unspecified atom stereocenters. The van der Waals surface area contributed by atoms with Crippen molar-refractivity contribution in [1.29, 1.82) is 0 Å². The number of alkyl halides is 1. The molecule has 1 aromatic carbocycles. The van der Waals surface area contributed by atoms with Crippen LogP contribution in [-0.4, -0.2) is 101 Å². The van der Waals surface area contributed by atoms with Gasteiger partial charge in [-0.3, -0.25) is 9.59 Å². The van der Waals surface area contributed by atoms with E-state index >= 15 is 0 Å². The number of hydrogen-bond donors (Lipinski definition) is 5. The molecule has 13 nitrogen and oxygen atoms in total. The monoisotopic (exact) mass is 656 g/mol. The maximum atomic E-state index is 12.7. The van der Waals surface area contributed by atoms with Crippen LogP contribution in [0, 0.1) is 11.8 Å². The lowest BCUT2D eigenvalue weighted by molar-refractivity contribution is -0.0430. The number of aliphatic hydroxyl groups is 2. The molecule has 1 aliphatic rings. The lowest BCUT2D eigenvalue weighted by Crippen LogP contribution is -2.28. The number of anilines is 1. The first-order chi connectivity index (χ1) is 22.4. The number of fused-ring (bicyclic) bond motifs is 1. The van der Waals surface area contributed by atoms with Gasteiger partial charge in [0.2, 0.25) is 0 Å². The molecule has 1 saturated heterocycles. The molecule has 248 valence electrons. The molecular weight excluding hydrogens is 616 g/mol. The van der Waals surface area contributed by atoms with E-state index in [-0.39, 0.29) is 37.2 Å². The molecule has 1 aliphatic heterocycles. The van der Waals surface area contributed by atoms with Gasteiger partial charge in [0.1, 0.15) is 30.1 Å². The molecule has 4 rings (SSSR count). The van der Waals surface area contributed by atoms with Crippen molar-refractivity contribution in [3.63, 3.8) is 0 Å². The van der Waals surface area contributed by atoms with Crippen LogP contribution in [-0.2, 0) is 14.2 Å². The number of hydrogen-bond acceptors (Lipinski definition) is 10. The first kappa shape index (κ1) is 35.1. The van der Waals surface area contributed by atoms with E-state index in [0.29, 0.717) is 66.6 Å². The zero-order valence-electron chi connectivity index (χ0n) is 25.6. The molecule has 0 saturated carbocycles. The summed E-state index contributed by atoms with van der Waals surface area (Å²) in [6.07, 6.45) is 5.51. The number of unbranched alkanes of at least 4 members (excludes halogenated alkanes) is 3. The van der Waals surface area contributed by atoms with Gasteiger partial charge in [0.05, 0.1) is 50.0 Å². The number of benzene rings is 1. The van der Waals surface area contributed by atoms with Crippen molar-refractivity contribution in [2.24, 2.45) is 0 Å². The minimum absolute atomic E-state index is 0.0478. The van der Waals surface area contributed by atoms with Crippen LogP contribution in [0.1, 0.15) is 64.6 Å². The zero-order valence-corrected chi connectivity index (χ0v) is 26.4. The lowest BCUT2D eigenvalue weighted by Gasteiger charge is -2.14. The molecule has 3 aromatic rings. The van der Waals surface area contributed by atoms with Crippen molar-refractivity contribution in [2.75, 3.05) is 57.7 Å². The predicted molar refractivity (Wildman–Crippen MR) is 172 cm³/mol. The Bertz CT molecular complexity index is 1490. The molecule has 0 aliphatic carbocycles. The summed E-state index contributed by atoms with van der Waals surface area (Å²) in [5, 5.41) is 25.7. The van der Waals surface area contributed by atoms with E-state index < -0.39 is 18.4 Å². The lowest BCUT2D eigenvalue weighted by atomic mass is 10.1. The first-order valence-electron chi connectivity index (χ1n) is 15.3. The van der Waals surface area contributed by atoms with Gasteiger partial charge in [-0.15, -0.1) is 11.6 Å². The third-order valence-electron chi connectivity index (χ3n) is 7.38. The van der Waals surface area contributed by atoms with Crippen molar-refractivity contribution in [2.45, 2.75) is 50.5 Å². The van der Waals surface area contributed by atoms with Gasteiger partial charge in [-0.05, 0) is 37.1 Å². The number of halogens is 1. The minimum Gasteiger partial charge on any atom is -0.394 e. The number of aromatic nitrogens is 3. The first-order valence-corrected chi connectivity index (χ1v) is 15.9. The van der Waals surface area contributed by atoms with E-state index in [1.807, 2.05) is 0 Å². The molecule has 3 atom stereocenters. The number of carbonyl (C=O) groups is 2. The van der Waals surface area contributed by atoms with Crippen molar-refractivity contribution >= 4 is 40.3 Å². The van der Waals surface area contributed by atoms with Crippen molar-refractivity contribution in [1.82, 2.24) is 25.2 Å². The fourth-order valence-corrected chi connectivity index (χ4v) is 5.11. The average Bonchev–Trinajstić information content (AvgIpc) is 3.63. The Labute approximate surface area is 272 Å². The Morgan fingerprint density at radius 3 is 2.41 bits per heavy atom. The van der Waals surface area contributed by atoms with Gasteiger partial charge < -0.3 is 45.4 Å². The van der Waals surface area contributed by atoms with Crippen LogP contribution >= 0.6 is 11.6 Å². The summed E-state index contributed by atoms with van der Waals surface area (Å²) in [7, 11) is 0. The van der Waals surface area contributed by atoms with Crippen LogP contribution < -0.4 is 16.4 Å². The number of amides is 2. The van der Waals surface area contributed by atoms with Gasteiger partial charge in [-0.25, -0.2) is 9.97 Å². The molecule has 14 heteroatoms. The molecule has 46 heavy (non-hydrogen) atoms. The second-order valence-electron chi connectivity index (χ2n) is 10.7. The fraction of sp³-hybridized carbons (Fsp3) is 0.500. The molecule has 0 bridgehead atoms. The van der Waals surface area contributed by atoms with E-state index in [2.05, 4.69) is 32.4 Å². The molecule has 2 aromatic heterocycles. The summed E-state index contributed by atoms with van der Waals surface area (Å²) in [6.45, 7) is 2.15. The average molecular weight is 657 g/mol. The third kappa shape index (κ3) is 9.86. The Balaban J connectivity index is 1.19. The van der Waals surface area contributed by atoms with Gasteiger partial charge in [-0.1, -0.05) is 24.7 Å². The number of ether oxygens (including phenoxy) is 3. The maximum absolute atomic E-state index is 12.7. The second-order valence-corrected chi connectivity index (χ2v) is 11.0. The van der Waals surface area contributed by atoms with Crippen LogP contribution in [0.4, 0.5) is 5.82 Å². The zero-order chi connectivity index (χ0) is 32.7. The fourth-order valence-electron chi connectivity index (χ4n) is 4.92. The van der Waals surface area contributed by atoms with Crippen LogP contribution in [0.15, 0.2) is 36.8 Å². The summed E-state index contributed by atoms with van der Waals surface area (Å²) in [6, 6.07) is 6.31. The van der Waals surface area contributed by atoms with E-state index in [1.165, 1.54) is 6.33 Å². The number of carbonyl (C=O) groups excluding carboxylic acids is 2. The number of nitrogens with zero attached hydrogens (tertiary/aromatic N) is 3. The topological polar surface area (TPSA) is 183 Å². The summed E-state index contributed by atoms with van der Waals surface area (Å²) < 4.78 is 18.5. The maximum Gasteiger partial charge on any atom is 0.252 e. The highest BCUT2D eigenvalue weighted by molar-refractivity contribution is 6.17. The summed E-state index contributed by atoms with van der Waals surface area (Å²) in [5.74, 6) is 6.25. The SMILES string of the molecule is Nc1ncnc2c1c(C#CCNC(=O)c1ccc(C(=O)NCCOCCOCCCCCCCl)cc1)cn2[C@H]1CC(O)C(CO)O1. The van der Waals surface area contributed by atoms with Gasteiger partial charge in [0.15, 0.2) is 0 Å². The van der Waals surface area contributed by atoms with Crippen LogP contribution in [0.25, 0.3) is 11.0 Å². The van der Waals surface area contributed by atoms with E-state index in [0.717, 1.165) is 25.7 Å². The van der Waals surface area contributed by atoms with Gasteiger partial charge >= 0.3 is 0 Å². The number of nitrogens with two attached hydrogens (primary N) is 1. The highest BCUT2D eigenvalue weighted by Gasteiger charge is 2.35. The number of nitrogen functional groups attached to an aromatic ring is 1. The highest BCUT2D eigenvalue weighted by Crippen LogP contribution is 2.33. The van der Waals surface area contributed by atoms with Crippen molar-refractivity contribution < 1.29 is 34.0 Å². The second kappa shape index (κ2) is 18.4. The van der Waals surface area contributed by atoms with Crippen molar-refractivity contribution in [3.05, 3.63) is 53.5 Å². The highest BCUT2D eigenvalue weighted by atomic mass is 35.5. The van der Waals surface area contributed by atoms with E-state index in [9.17, 15) is 19.8 Å². The third-order valence-corrected chi connectivity index (χ3v) is 7.65. The number of rotatable bonds is 17. The van der Waals surface area contributed by atoms with Crippen LogP contribution in [0.5, 0.6) is 0 Å². The largest absolute Gasteiger partial charge is 0.394 e. The molecule has 2 amide bonds. The Morgan fingerprint density at radius 2 is 1.72 bits per heavy atom. The van der Waals surface area contributed by atoms with Crippen LogP contribution in [0.2, 0.25) is 0 Å². The molecule has 0 radical (unpaired) electrons. The number of nitrogens with one attached hydrogen (secondary N) is 2. The molecule has 6 N–H and O–H groups in total. The van der Waals surface area contributed by atoms with Crippen molar-refractivity contribution in [3.8, 4) is 11.8 Å². The summed E-state index contributed by atoms with van der Waals surface area (Å²) in [5.41, 5.74) is 7.94. The molecule has 1 fully saturated rings. The Hall–Kier alpha value is -3.77. The molecule has 3 heterocycles. The summed E-state index contributed by atoms with van der Waals surface area (Å²) in [4.78, 5) is 33.5. The quantitative estimate of drug-likeness (QED) is 0.0818. The van der Waals surface area contributed by atoms with E-state index in [4.69, 9.17) is 31.5 Å². The molecule has 0 spiro atoms. The normalized spacial score (nSPS) is 17.5. The number of aliphatic hydroxyl groups excluding tert-OH is 2. The smallest absolute Gasteiger partial charge is 0.252 e. The minimum atomic E-state index is -0.818. The molecular formula is C32H41ClN6O7. The van der Waals surface area contributed by atoms with Gasteiger partial charge in [0.25, 0.3) is 11.8 Å². The van der Waals surface area contributed by atoms with E-state index in [1.54, 1.807) is 35.0 Å². The van der Waals surface area contributed by atoms with Gasteiger partial charge in [-0.2, -0.15) is 0 Å². The Kier molecular flexibility index (Phi) is 14.0. The standard InChI is InChI=1S/C32H41ClN6O7/c33-11-3-1-2-4-14-44-16-17-45-15-13-36-32(43)23-9-7-22(8-10-23)31(42)35-12-5-6-24-19-39(27-18-25(41)26(20-40)46-27)30-28(24)29(34)37-21-38-30/h7-10,19,21,25-27,40-41H,1-4,11-18,20H2,(H,35,42)(H,36,43)(H2,34,37,38)/t25?,26?,27-/m1/s1. The Morgan fingerprint density at radius 1 is 1.02 bits per heavy atom.